The van der Waals surface area contributed by atoms with Gasteiger partial charge in [-0.2, -0.15) is 0 Å². The van der Waals surface area contributed by atoms with Crippen LogP contribution in [-0.2, 0) is 14.3 Å². The minimum atomic E-state index is -0.611. The molecule has 134 valence electrons. The minimum Gasteiger partial charge on any atom is -0.465 e. The lowest BCUT2D eigenvalue weighted by Gasteiger charge is -2.11. The maximum absolute atomic E-state index is 12.5. The van der Waals surface area contributed by atoms with E-state index in [0.717, 1.165) is 28.0 Å². The first-order chi connectivity index (χ1) is 12.5. The Kier molecular flexibility index (Phi) is 5.49. The van der Waals surface area contributed by atoms with Crippen LogP contribution >= 0.6 is 23.4 Å². The molecule has 0 unspecified atom stereocenters. The summed E-state index contributed by atoms with van der Waals surface area (Å²) in [6.45, 7) is 1.48. The van der Waals surface area contributed by atoms with Gasteiger partial charge in [0.1, 0.15) is 6.54 Å². The number of benzene rings is 1. The van der Waals surface area contributed by atoms with E-state index >= 15 is 0 Å². The molecule has 1 aromatic heterocycles. The van der Waals surface area contributed by atoms with E-state index in [0.29, 0.717) is 5.02 Å². The number of esters is 1. The summed E-state index contributed by atoms with van der Waals surface area (Å²) in [5.74, 6) is -1.11. The number of thioether (sulfide) groups is 1. The van der Waals surface area contributed by atoms with Gasteiger partial charge in [-0.1, -0.05) is 11.6 Å². The number of hydrogen-bond donors (Lipinski definition) is 0. The zero-order chi connectivity index (χ0) is 18.7. The van der Waals surface area contributed by atoms with Crippen LogP contribution in [0.2, 0.25) is 5.02 Å². The minimum absolute atomic E-state index is 0.194. The van der Waals surface area contributed by atoms with Crippen molar-refractivity contribution in [1.29, 1.82) is 0 Å². The summed E-state index contributed by atoms with van der Waals surface area (Å²) in [4.78, 5) is 37.2. The Hall–Kier alpha value is -2.51. The van der Waals surface area contributed by atoms with Crippen LogP contribution in [0.3, 0.4) is 0 Å². The molecule has 2 aromatic rings. The standard InChI is InChI=1S/C18H15ClN2O4S/c1-2-25-16(22)11-21-17(23)15(26-18(21)24)10-14-4-3-9-20(14)13-7-5-12(19)6-8-13/h3-10H,2,11H2,1H3/b15-10-. The first-order valence-electron chi connectivity index (χ1n) is 7.84. The second kappa shape index (κ2) is 7.80. The maximum Gasteiger partial charge on any atom is 0.326 e. The predicted molar refractivity (Wildman–Crippen MR) is 100 cm³/mol. The Morgan fingerprint density at radius 3 is 2.65 bits per heavy atom. The van der Waals surface area contributed by atoms with E-state index in [1.807, 2.05) is 35.0 Å². The third-order valence-electron chi connectivity index (χ3n) is 3.63. The van der Waals surface area contributed by atoms with E-state index < -0.39 is 17.1 Å². The van der Waals surface area contributed by atoms with Gasteiger partial charge in [0.15, 0.2) is 0 Å². The molecule has 1 aromatic carbocycles. The van der Waals surface area contributed by atoms with Crippen molar-refractivity contribution in [3.63, 3.8) is 0 Å². The van der Waals surface area contributed by atoms with Gasteiger partial charge in [0, 0.05) is 22.6 Å². The molecule has 1 fully saturated rings. The van der Waals surface area contributed by atoms with Crippen molar-refractivity contribution in [1.82, 2.24) is 9.47 Å². The molecule has 0 saturated carbocycles. The first kappa shape index (κ1) is 18.3. The van der Waals surface area contributed by atoms with Crippen LogP contribution in [-0.4, -0.2) is 39.7 Å². The number of nitrogens with zero attached hydrogens (tertiary/aromatic N) is 2. The van der Waals surface area contributed by atoms with Crippen molar-refractivity contribution < 1.29 is 19.1 Å². The van der Waals surface area contributed by atoms with Crippen LogP contribution < -0.4 is 0 Å². The lowest BCUT2D eigenvalue weighted by atomic mass is 10.3. The van der Waals surface area contributed by atoms with Crippen molar-refractivity contribution in [2.24, 2.45) is 0 Å². The number of carbonyl (C=O) groups excluding carboxylic acids is 3. The smallest absolute Gasteiger partial charge is 0.326 e. The Bertz CT molecular complexity index is 889. The largest absolute Gasteiger partial charge is 0.465 e. The maximum atomic E-state index is 12.5. The number of imide groups is 1. The van der Waals surface area contributed by atoms with Gasteiger partial charge in [-0.25, -0.2) is 0 Å². The summed E-state index contributed by atoms with van der Waals surface area (Å²) in [5.41, 5.74) is 1.60. The molecule has 26 heavy (non-hydrogen) atoms. The number of ether oxygens (including phenoxy) is 1. The molecule has 0 bridgehead atoms. The molecule has 1 saturated heterocycles. The SMILES string of the molecule is CCOC(=O)CN1C(=O)S/C(=C\c2cccn2-c2ccc(Cl)cc2)C1=O. The molecule has 0 atom stereocenters. The van der Waals surface area contributed by atoms with Gasteiger partial charge in [0.25, 0.3) is 11.1 Å². The Labute approximate surface area is 159 Å². The number of aromatic nitrogens is 1. The molecule has 6 nitrogen and oxygen atoms in total. The number of carbonyl (C=O) groups is 3. The van der Waals surface area contributed by atoms with E-state index in [1.54, 1.807) is 25.1 Å². The Balaban J connectivity index is 1.84. The van der Waals surface area contributed by atoms with E-state index in [2.05, 4.69) is 0 Å². The van der Waals surface area contributed by atoms with Crippen LogP contribution in [0.15, 0.2) is 47.5 Å². The van der Waals surface area contributed by atoms with Crippen molar-refractivity contribution in [3.05, 3.63) is 58.2 Å². The second-order valence-electron chi connectivity index (χ2n) is 5.35. The zero-order valence-corrected chi connectivity index (χ0v) is 15.4. The monoisotopic (exact) mass is 390 g/mol. The topological polar surface area (TPSA) is 68.6 Å². The molecule has 3 rings (SSSR count). The third-order valence-corrected chi connectivity index (χ3v) is 4.79. The van der Waals surface area contributed by atoms with Gasteiger partial charge >= 0.3 is 5.97 Å². The predicted octanol–water partition coefficient (Wildman–Crippen LogP) is 3.73. The molecule has 2 heterocycles. The molecule has 0 aliphatic carbocycles. The summed E-state index contributed by atoms with van der Waals surface area (Å²) >= 11 is 6.72. The lowest BCUT2D eigenvalue weighted by Crippen LogP contribution is -2.34. The first-order valence-corrected chi connectivity index (χ1v) is 9.03. The van der Waals surface area contributed by atoms with E-state index in [4.69, 9.17) is 16.3 Å². The Morgan fingerprint density at radius 2 is 1.96 bits per heavy atom. The van der Waals surface area contributed by atoms with E-state index in [9.17, 15) is 14.4 Å². The highest BCUT2D eigenvalue weighted by Gasteiger charge is 2.36. The molecule has 2 amide bonds. The molecule has 8 heteroatoms. The van der Waals surface area contributed by atoms with Gasteiger partial charge < -0.3 is 9.30 Å². The van der Waals surface area contributed by atoms with Gasteiger partial charge in [-0.15, -0.1) is 0 Å². The summed E-state index contributed by atoms with van der Waals surface area (Å²) in [6.07, 6.45) is 3.47. The average molecular weight is 391 g/mol. The fraction of sp³-hybridized carbons (Fsp3) is 0.167. The summed E-state index contributed by atoms with van der Waals surface area (Å²) in [6, 6.07) is 10.9. The molecule has 0 N–H and O–H groups in total. The number of hydrogen-bond acceptors (Lipinski definition) is 5. The van der Waals surface area contributed by atoms with Gasteiger partial charge in [0.2, 0.25) is 0 Å². The molecule has 1 aliphatic heterocycles. The van der Waals surface area contributed by atoms with Crippen LogP contribution in [0.25, 0.3) is 11.8 Å². The Morgan fingerprint density at radius 1 is 1.23 bits per heavy atom. The number of rotatable bonds is 5. The van der Waals surface area contributed by atoms with Crippen LogP contribution in [0, 0.1) is 0 Å². The summed E-state index contributed by atoms with van der Waals surface area (Å²) in [7, 11) is 0. The normalized spacial score (nSPS) is 15.8. The van der Waals surface area contributed by atoms with Crippen molar-refractivity contribution in [2.45, 2.75) is 6.92 Å². The third kappa shape index (κ3) is 3.84. The van der Waals surface area contributed by atoms with Gasteiger partial charge in [-0.05, 0) is 61.2 Å². The quantitative estimate of drug-likeness (QED) is 0.574. The van der Waals surface area contributed by atoms with Crippen molar-refractivity contribution in [2.75, 3.05) is 13.2 Å². The van der Waals surface area contributed by atoms with Crippen molar-refractivity contribution in [3.8, 4) is 5.69 Å². The zero-order valence-electron chi connectivity index (χ0n) is 13.8. The van der Waals surface area contributed by atoms with Crippen LogP contribution in [0.1, 0.15) is 12.6 Å². The molecular weight excluding hydrogens is 376 g/mol. The highest BCUT2D eigenvalue weighted by Crippen LogP contribution is 2.32. The van der Waals surface area contributed by atoms with E-state index in [-0.39, 0.29) is 18.1 Å². The van der Waals surface area contributed by atoms with E-state index in [1.165, 1.54) is 0 Å². The average Bonchev–Trinajstić information content (AvgIpc) is 3.16. The lowest BCUT2D eigenvalue weighted by molar-refractivity contribution is -0.145. The summed E-state index contributed by atoms with van der Waals surface area (Å²) < 4.78 is 6.67. The number of amides is 2. The summed E-state index contributed by atoms with van der Waals surface area (Å²) in [5, 5.41) is 0.140. The molecular formula is C18H15ClN2O4S. The van der Waals surface area contributed by atoms with Gasteiger partial charge in [0.05, 0.1) is 11.5 Å². The fourth-order valence-corrected chi connectivity index (χ4v) is 3.40. The second-order valence-corrected chi connectivity index (χ2v) is 6.78. The van der Waals surface area contributed by atoms with Crippen LogP contribution in [0.5, 0.6) is 0 Å². The van der Waals surface area contributed by atoms with Gasteiger partial charge in [-0.3, -0.25) is 19.3 Å². The van der Waals surface area contributed by atoms with Crippen LogP contribution in [0.4, 0.5) is 4.79 Å². The molecule has 1 aliphatic rings. The van der Waals surface area contributed by atoms with Crippen molar-refractivity contribution >= 4 is 46.6 Å². The highest BCUT2D eigenvalue weighted by atomic mass is 35.5. The number of halogens is 1. The highest BCUT2D eigenvalue weighted by molar-refractivity contribution is 8.18. The fourth-order valence-electron chi connectivity index (χ4n) is 2.45. The molecule has 0 radical (unpaired) electrons. The molecule has 0 spiro atoms.